The Kier molecular flexibility index (Phi) is 6.10. The third-order valence-corrected chi connectivity index (χ3v) is 8.86. The summed E-state index contributed by atoms with van der Waals surface area (Å²) in [5.74, 6) is 0. The van der Waals surface area contributed by atoms with E-state index in [2.05, 4.69) is 12.1 Å². The Labute approximate surface area is 263 Å². The third kappa shape index (κ3) is 4.20. The van der Waals surface area contributed by atoms with Crippen LogP contribution in [0.2, 0.25) is 0 Å². The van der Waals surface area contributed by atoms with Crippen molar-refractivity contribution in [2.24, 2.45) is 0 Å². The van der Waals surface area contributed by atoms with E-state index in [4.69, 9.17) is 0 Å². The summed E-state index contributed by atoms with van der Waals surface area (Å²) in [6.45, 7) is 3.99. The first-order chi connectivity index (χ1) is 22.2. The molecule has 0 spiro atoms. The van der Waals surface area contributed by atoms with Crippen LogP contribution in [0, 0.1) is 25.2 Å². The van der Waals surface area contributed by atoms with Gasteiger partial charge in [-0.1, -0.05) is 71.8 Å². The van der Waals surface area contributed by atoms with Gasteiger partial charge in [0.1, 0.15) is 0 Å². The lowest BCUT2D eigenvalue weighted by Crippen LogP contribution is -2.13. The predicted molar refractivity (Wildman–Crippen MR) is 180 cm³/mol. The summed E-state index contributed by atoms with van der Waals surface area (Å²) in [5, 5.41) is 13.5. The van der Waals surface area contributed by atoms with Gasteiger partial charge in [0.2, 0.25) is 0 Å². The van der Waals surface area contributed by atoms with E-state index in [1.54, 1.807) is 28.8 Å². The van der Waals surface area contributed by atoms with Crippen molar-refractivity contribution in [3.63, 3.8) is 0 Å². The van der Waals surface area contributed by atoms with Gasteiger partial charge in [-0.3, -0.25) is 0 Å². The molecule has 0 aliphatic rings. The summed E-state index contributed by atoms with van der Waals surface area (Å²) in [7, 11) is 0. The summed E-state index contributed by atoms with van der Waals surface area (Å²) in [5.41, 5.74) is 6.39. The number of para-hydroxylation sites is 2. The van der Waals surface area contributed by atoms with Crippen LogP contribution in [0.3, 0.4) is 0 Å². The van der Waals surface area contributed by atoms with Crippen molar-refractivity contribution in [2.45, 2.75) is 20.0 Å². The molecule has 0 radical (unpaired) electrons. The Morgan fingerprint density at radius 1 is 0.543 bits per heavy atom. The number of hydrogen-bond donors (Lipinski definition) is 0. The molecule has 0 saturated carbocycles. The van der Waals surface area contributed by atoms with Gasteiger partial charge in [0.15, 0.2) is 0 Å². The van der Waals surface area contributed by atoms with Crippen molar-refractivity contribution in [1.82, 2.24) is 9.13 Å². The average Bonchev–Trinajstić information content (AvgIpc) is 3.56. The van der Waals surface area contributed by atoms with Crippen LogP contribution in [-0.2, 0) is 6.18 Å². The average molecular weight is 606 g/mol. The lowest BCUT2D eigenvalue weighted by Gasteiger charge is -2.22. The fourth-order valence-corrected chi connectivity index (χ4v) is 6.85. The number of benzene rings is 6. The maximum Gasteiger partial charge on any atom is 0.418 e. The van der Waals surface area contributed by atoms with E-state index >= 15 is 13.2 Å². The van der Waals surface area contributed by atoms with Crippen molar-refractivity contribution < 1.29 is 13.2 Å². The largest absolute Gasteiger partial charge is 0.418 e. The SMILES string of the molecule is Cc1ccc2c(c1)c1ccccc1n2-c1cc(C(F)(F)F)c(-n2c3ccccc3c3cc(C)ccc32)cc1-c1cccc(C#N)c1. The van der Waals surface area contributed by atoms with E-state index in [1.165, 1.54) is 6.07 Å². The number of aryl methyl sites for hydroxylation is 2. The van der Waals surface area contributed by atoms with Crippen molar-refractivity contribution in [3.05, 3.63) is 144 Å². The van der Waals surface area contributed by atoms with E-state index in [-0.39, 0.29) is 5.69 Å². The van der Waals surface area contributed by atoms with E-state index < -0.39 is 11.7 Å². The smallest absolute Gasteiger partial charge is 0.309 e. The second-order valence-corrected chi connectivity index (χ2v) is 11.8. The van der Waals surface area contributed by atoms with E-state index in [0.29, 0.717) is 33.4 Å². The number of alkyl halides is 3. The number of halogens is 3. The fourth-order valence-electron chi connectivity index (χ4n) is 6.85. The summed E-state index contributed by atoms with van der Waals surface area (Å²) in [6.07, 6.45) is -4.67. The molecule has 46 heavy (non-hydrogen) atoms. The van der Waals surface area contributed by atoms with Crippen molar-refractivity contribution in [2.75, 3.05) is 0 Å². The van der Waals surface area contributed by atoms with Crippen LogP contribution in [-0.4, -0.2) is 9.13 Å². The zero-order valence-corrected chi connectivity index (χ0v) is 25.0. The van der Waals surface area contributed by atoms with Gasteiger partial charge in [-0.25, -0.2) is 0 Å². The molecule has 0 fully saturated rings. The molecule has 8 rings (SSSR count). The standard InChI is InChI=1S/C40H26F3N3/c1-24-14-16-36-31(18-24)28-10-3-5-12-34(28)45(36)38-22-33(40(41,42)43)39(21-30(38)27-9-7-8-26(20-27)23-44)46-35-13-6-4-11-29(35)32-19-25(2)15-17-37(32)46/h3-22H,1-2H3. The zero-order valence-electron chi connectivity index (χ0n) is 25.0. The molecule has 0 aliphatic carbocycles. The molecule has 0 amide bonds. The van der Waals surface area contributed by atoms with Gasteiger partial charge in [0.25, 0.3) is 0 Å². The van der Waals surface area contributed by atoms with Crippen LogP contribution in [0.5, 0.6) is 0 Å². The molecule has 222 valence electrons. The highest BCUT2D eigenvalue weighted by Crippen LogP contribution is 2.45. The van der Waals surface area contributed by atoms with Crippen LogP contribution >= 0.6 is 0 Å². The second kappa shape index (κ2) is 10.1. The van der Waals surface area contributed by atoms with Crippen molar-refractivity contribution >= 4 is 43.6 Å². The molecule has 0 N–H and O–H groups in total. The van der Waals surface area contributed by atoms with Crippen LogP contribution < -0.4 is 0 Å². The van der Waals surface area contributed by atoms with E-state index in [0.717, 1.165) is 43.7 Å². The third-order valence-electron chi connectivity index (χ3n) is 8.86. The summed E-state index contributed by atoms with van der Waals surface area (Å²) < 4.78 is 49.8. The number of nitrogens with zero attached hydrogens (tertiary/aromatic N) is 3. The van der Waals surface area contributed by atoms with Gasteiger partial charge >= 0.3 is 6.18 Å². The van der Waals surface area contributed by atoms with Crippen LogP contribution in [0.4, 0.5) is 13.2 Å². The van der Waals surface area contributed by atoms with Crippen LogP contribution in [0.1, 0.15) is 22.3 Å². The molecule has 0 atom stereocenters. The monoisotopic (exact) mass is 605 g/mol. The molecule has 0 bridgehead atoms. The quantitative estimate of drug-likeness (QED) is 0.197. The van der Waals surface area contributed by atoms with Gasteiger partial charge < -0.3 is 9.13 Å². The Bertz CT molecular complexity index is 2560. The normalized spacial score (nSPS) is 12.0. The van der Waals surface area contributed by atoms with Gasteiger partial charge in [-0.05, 0) is 80.1 Å². The van der Waals surface area contributed by atoms with Crippen molar-refractivity contribution in [3.8, 4) is 28.6 Å². The minimum absolute atomic E-state index is 0.0280. The molecular weight excluding hydrogens is 579 g/mol. The predicted octanol–water partition coefficient (Wildman–Crippen LogP) is 11.1. The highest BCUT2D eigenvalue weighted by atomic mass is 19.4. The summed E-state index contributed by atoms with van der Waals surface area (Å²) in [4.78, 5) is 0. The lowest BCUT2D eigenvalue weighted by atomic mass is 9.97. The molecule has 2 heterocycles. The Balaban J connectivity index is 1.57. The minimum Gasteiger partial charge on any atom is -0.309 e. The Hall–Kier alpha value is -5.80. The molecule has 0 unspecified atom stereocenters. The molecular formula is C40H26F3N3. The van der Waals surface area contributed by atoms with Gasteiger partial charge in [-0.15, -0.1) is 0 Å². The first-order valence-corrected chi connectivity index (χ1v) is 15.0. The van der Waals surface area contributed by atoms with Gasteiger partial charge in [0.05, 0.1) is 50.6 Å². The minimum atomic E-state index is -4.67. The van der Waals surface area contributed by atoms with E-state index in [9.17, 15) is 5.26 Å². The maximum absolute atomic E-state index is 15.4. The number of hydrogen-bond acceptors (Lipinski definition) is 1. The number of nitriles is 1. The first kappa shape index (κ1) is 27.7. The zero-order chi connectivity index (χ0) is 31.7. The molecule has 6 aromatic carbocycles. The van der Waals surface area contributed by atoms with Gasteiger partial charge in [0, 0.05) is 27.1 Å². The Morgan fingerprint density at radius 3 is 1.65 bits per heavy atom. The molecule has 6 heteroatoms. The first-order valence-electron chi connectivity index (χ1n) is 15.0. The molecule has 3 nitrogen and oxygen atoms in total. The van der Waals surface area contributed by atoms with Gasteiger partial charge in [-0.2, -0.15) is 18.4 Å². The Morgan fingerprint density at radius 2 is 1.09 bits per heavy atom. The molecule has 8 aromatic rings. The summed E-state index contributed by atoms with van der Waals surface area (Å²) in [6, 6.07) is 39.4. The van der Waals surface area contributed by atoms with Crippen LogP contribution in [0.15, 0.2) is 121 Å². The number of rotatable bonds is 3. The topological polar surface area (TPSA) is 33.6 Å². The summed E-state index contributed by atoms with van der Waals surface area (Å²) >= 11 is 0. The molecule has 0 saturated heterocycles. The number of fused-ring (bicyclic) bond motifs is 6. The maximum atomic E-state index is 15.4. The fraction of sp³-hybridized carbons (Fsp3) is 0.0750. The lowest BCUT2D eigenvalue weighted by molar-refractivity contribution is -0.137. The number of aromatic nitrogens is 2. The van der Waals surface area contributed by atoms with E-state index in [1.807, 2.05) is 103 Å². The highest BCUT2D eigenvalue weighted by molar-refractivity contribution is 6.11. The highest BCUT2D eigenvalue weighted by Gasteiger charge is 2.36. The molecule has 2 aromatic heterocycles. The molecule has 0 aliphatic heterocycles. The second-order valence-electron chi connectivity index (χ2n) is 11.8. The van der Waals surface area contributed by atoms with Crippen molar-refractivity contribution in [1.29, 1.82) is 5.26 Å². The van der Waals surface area contributed by atoms with Crippen LogP contribution in [0.25, 0.3) is 66.1 Å².